The van der Waals surface area contributed by atoms with E-state index in [2.05, 4.69) is 13.5 Å². The summed E-state index contributed by atoms with van der Waals surface area (Å²) >= 11 is 5.59. The van der Waals surface area contributed by atoms with Crippen molar-refractivity contribution < 1.29 is 4.74 Å². The van der Waals surface area contributed by atoms with E-state index in [-0.39, 0.29) is 5.60 Å². The van der Waals surface area contributed by atoms with Crippen LogP contribution in [0.15, 0.2) is 12.7 Å². The molecule has 12 heavy (non-hydrogen) atoms. The molecule has 0 radical (unpaired) electrons. The third kappa shape index (κ3) is 4.78. The molecular formula is C10H19ClO. The van der Waals surface area contributed by atoms with Gasteiger partial charge >= 0.3 is 0 Å². The lowest BCUT2D eigenvalue weighted by atomic mass is 9.95. The van der Waals surface area contributed by atoms with Crippen molar-refractivity contribution in [2.45, 2.75) is 38.2 Å². The standard InChI is InChI=1S/C10H19ClO/c1-4-7-10(2,12-3)8-5-6-9-11/h4H,1,5-9H2,2-3H3. The molecule has 0 fully saturated rings. The van der Waals surface area contributed by atoms with E-state index in [0.717, 1.165) is 31.6 Å². The number of alkyl halides is 1. The molecule has 0 aliphatic heterocycles. The number of hydrogen-bond donors (Lipinski definition) is 0. The maximum absolute atomic E-state index is 5.59. The highest BCUT2D eigenvalue weighted by atomic mass is 35.5. The summed E-state index contributed by atoms with van der Waals surface area (Å²) in [6.07, 6.45) is 6.07. The number of halogens is 1. The predicted octanol–water partition coefficient (Wildman–Crippen LogP) is 3.38. The van der Waals surface area contributed by atoms with Crippen molar-refractivity contribution in [3.63, 3.8) is 0 Å². The summed E-state index contributed by atoms with van der Waals surface area (Å²) in [5.74, 6) is 0.744. The SMILES string of the molecule is C=CCC(C)(CCCCCl)OC. The minimum absolute atomic E-state index is 0.0339. The molecule has 0 amide bonds. The van der Waals surface area contributed by atoms with Crippen LogP contribution in [0.3, 0.4) is 0 Å². The fourth-order valence-corrected chi connectivity index (χ4v) is 1.38. The van der Waals surface area contributed by atoms with Gasteiger partial charge in [0.05, 0.1) is 5.60 Å². The Morgan fingerprint density at radius 2 is 2.17 bits per heavy atom. The van der Waals surface area contributed by atoms with Crippen LogP contribution in [0, 0.1) is 0 Å². The molecule has 0 rings (SSSR count). The van der Waals surface area contributed by atoms with Gasteiger partial charge in [-0.25, -0.2) is 0 Å². The first kappa shape index (κ1) is 12.0. The fraction of sp³-hybridized carbons (Fsp3) is 0.800. The molecule has 1 unspecified atom stereocenters. The molecule has 72 valence electrons. The molecule has 0 bridgehead atoms. The molecule has 0 saturated carbocycles. The van der Waals surface area contributed by atoms with Crippen LogP contribution in [0.4, 0.5) is 0 Å². The van der Waals surface area contributed by atoms with E-state index in [1.165, 1.54) is 0 Å². The summed E-state index contributed by atoms with van der Waals surface area (Å²) in [6.45, 7) is 5.83. The lowest BCUT2D eigenvalue weighted by Crippen LogP contribution is -2.26. The van der Waals surface area contributed by atoms with Gasteiger partial charge in [-0.3, -0.25) is 0 Å². The number of ether oxygens (including phenoxy) is 1. The van der Waals surface area contributed by atoms with Crippen LogP contribution >= 0.6 is 11.6 Å². The van der Waals surface area contributed by atoms with E-state index >= 15 is 0 Å². The summed E-state index contributed by atoms with van der Waals surface area (Å²) in [4.78, 5) is 0. The van der Waals surface area contributed by atoms with Gasteiger partial charge < -0.3 is 4.74 Å². The van der Waals surface area contributed by atoms with Gasteiger partial charge in [-0.1, -0.05) is 6.08 Å². The van der Waals surface area contributed by atoms with Crippen LogP contribution in [-0.4, -0.2) is 18.6 Å². The zero-order valence-electron chi connectivity index (χ0n) is 8.11. The molecule has 0 N–H and O–H groups in total. The molecule has 1 nitrogen and oxygen atoms in total. The average Bonchev–Trinajstić information content (AvgIpc) is 2.06. The van der Waals surface area contributed by atoms with Gasteiger partial charge in [-0.05, 0) is 32.6 Å². The van der Waals surface area contributed by atoms with E-state index in [1.54, 1.807) is 7.11 Å². The second-order valence-corrected chi connectivity index (χ2v) is 3.67. The Labute approximate surface area is 80.8 Å². The molecule has 0 aromatic rings. The van der Waals surface area contributed by atoms with Gasteiger partial charge in [0.15, 0.2) is 0 Å². The third-order valence-corrected chi connectivity index (χ3v) is 2.43. The first-order chi connectivity index (χ1) is 5.68. The van der Waals surface area contributed by atoms with E-state index in [0.29, 0.717) is 0 Å². The van der Waals surface area contributed by atoms with Crippen LogP contribution in [0.25, 0.3) is 0 Å². The minimum Gasteiger partial charge on any atom is -0.378 e. The van der Waals surface area contributed by atoms with Crippen molar-refractivity contribution in [2.24, 2.45) is 0 Å². The van der Waals surface area contributed by atoms with Crippen LogP contribution in [0.5, 0.6) is 0 Å². The summed E-state index contributed by atoms with van der Waals surface area (Å²) in [7, 11) is 1.75. The van der Waals surface area contributed by atoms with Crippen LogP contribution in [-0.2, 0) is 4.74 Å². The van der Waals surface area contributed by atoms with Crippen LogP contribution in [0.2, 0.25) is 0 Å². The molecule has 2 heteroatoms. The lowest BCUT2D eigenvalue weighted by molar-refractivity contribution is -0.0000829. The molecule has 0 saturated heterocycles. The summed E-state index contributed by atoms with van der Waals surface area (Å²) < 4.78 is 5.41. The quantitative estimate of drug-likeness (QED) is 0.340. The van der Waals surface area contributed by atoms with E-state index < -0.39 is 0 Å². The Bertz CT molecular complexity index is 125. The van der Waals surface area contributed by atoms with E-state index in [1.807, 2.05) is 6.08 Å². The molecule has 0 aromatic heterocycles. The lowest BCUT2D eigenvalue weighted by Gasteiger charge is -2.26. The smallest absolute Gasteiger partial charge is 0.0684 e. The van der Waals surface area contributed by atoms with Crippen molar-refractivity contribution in [3.8, 4) is 0 Å². The largest absolute Gasteiger partial charge is 0.378 e. The Morgan fingerprint density at radius 1 is 1.50 bits per heavy atom. The van der Waals surface area contributed by atoms with Gasteiger partial charge in [-0.15, -0.1) is 18.2 Å². The highest BCUT2D eigenvalue weighted by molar-refractivity contribution is 6.17. The van der Waals surface area contributed by atoms with Crippen LogP contribution < -0.4 is 0 Å². The van der Waals surface area contributed by atoms with Gasteiger partial charge in [0.25, 0.3) is 0 Å². The van der Waals surface area contributed by atoms with Crippen LogP contribution in [0.1, 0.15) is 32.6 Å². The van der Waals surface area contributed by atoms with Gasteiger partial charge in [0.1, 0.15) is 0 Å². The zero-order valence-corrected chi connectivity index (χ0v) is 8.86. The third-order valence-electron chi connectivity index (χ3n) is 2.16. The summed E-state index contributed by atoms with van der Waals surface area (Å²) in [5, 5.41) is 0. The molecule has 0 aliphatic rings. The number of rotatable bonds is 7. The summed E-state index contributed by atoms with van der Waals surface area (Å²) in [5.41, 5.74) is -0.0339. The molecule has 0 aromatic carbocycles. The highest BCUT2D eigenvalue weighted by Gasteiger charge is 2.20. The zero-order chi connectivity index (χ0) is 9.45. The Hall–Kier alpha value is -0.0100. The normalized spacial score (nSPS) is 15.6. The highest BCUT2D eigenvalue weighted by Crippen LogP contribution is 2.22. The number of methoxy groups -OCH3 is 1. The average molecular weight is 191 g/mol. The van der Waals surface area contributed by atoms with E-state index in [9.17, 15) is 0 Å². The van der Waals surface area contributed by atoms with Crippen molar-refractivity contribution in [1.82, 2.24) is 0 Å². The van der Waals surface area contributed by atoms with Gasteiger partial charge in [-0.2, -0.15) is 0 Å². The second kappa shape index (κ2) is 6.50. The van der Waals surface area contributed by atoms with Crippen molar-refractivity contribution in [1.29, 1.82) is 0 Å². The molecule has 0 aliphatic carbocycles. The first-order valence-electron chi connectivity index (χ1n) is 4.40. The first-order valence-corrected chi connectivity index (χ1v) is 4.94. The van der Waals surface area contributed by atoms with Crippen molar-refractivity contribution in [3.05, 3.63) is 12.7 Å². The van der Waals surface area contributed by atoms with Crippen molar-refractivity contribution >= 4 is 11.6 Å². The van der Waals surface area contributed by atoms with Crippen molar-refractivity contribution in [2.75, 3.05) is 13.0 Å². The molecular weight excluding hydrogens is 172 g/mol. The maximum Gasteiger partial charge on any atom is 0.0684 e. The summed E-state index contributed by atoms with van der Waals surface area (Å²) in [6, 6.07) is 0. The topological polar surface area (TPSA) is 9.23 Å². The van der Waals surface area contributed by atoms with E-state index in [4.69, 9.17) is 16.3 Å². The minimum atomic E-state index is -0.0339. The van der Waals surface area contributed by atoms with Gasteiger partial charge in [0.2, 0.25) is 0 Å². The number of hydrogen-bond acceptors (Lipinski definition) is 1. The predicted molar refractivity (Wildman–Crippen MR) is 54.8 cm³/mol. The van der Waals surface area contributed by atoms with Gasteiger partial charge in [0, 0.05) is 13.0 Å². The molecule has 1 atom stereocenters. The maximum atomic E-state index is 5.59. The Morgan fingerprint density at radius 3 is 2.58 bits per heavy atom. The molecule has 0 heterocycles. The Kier molecular flexibility index (Phi) is 6.49. The monoisotopic (exact) mass is 190 g/mol. The number of unbranched alkanes of at least 4 members (excludes halogenated alkanes) is 1. The second-order valence-electron chi connectivity index (χ2n) is 3.29. The molecule has 0 spiro atoms. The fourth-order valence-electron chi connectivity index (χ4n) is 1.19. The Balaban J connectivity index is 3.70.